The Hall–Kier alpha value is -1.35. The first-order chi connectivity index (χ1) is 11.7. The Kier molecular flexibility index (Phi) is 7.95. The van der Waals surface area contributed by atoms with E-state index in [0.29, 0.717) is 12.4 Å². The van der Waals surface area contributed by atoms with Gasteiger partial charge in [0.2, 0.25) is 5.88 Å². The van der Waals surface area contributed by atoms with E-state index in [1.165, 1.54) is 22.6 Å². The van der Waals surface area contributed by atoms with E-state index in [0.717, 1.165) is 30.6 Å². The molecule has 2 heterocycles. The monoisotopic (exact) mass is 472 g/mol. The van der Waals surface area contributed by atoms with Gasteiger partial charge in [-0.05, 0) is 49.4 Å². The van der Waals surface area contributed by atoms with Crippen LogP contribution in [0.2, 0.25) is 0 Å². The maximum atomic E-state index is 5.73. The van der Waals surface area contributed by atoms with Gasteiger partial charge in [0.25, 0.3) is 0 Å². The lowest BCUT2D eigenvalue weighted by atomic mass is 10.2. The number of thiophene rings is 1. The molecule has 1 saturated carbocycles. The van der Waals surface area contributed by atoms with E-state index in [9.17, 15) is 0 Å². The smallest absolute Gasteiger partial charge is 0.213 e. The number of aliphatic imine (C=N–C) groups is 1. The maximum absolute atomic E-state index is 5.73. The first kappa shape index (κ1) is 20.0. The summed E-state index contributed by atoms with van der Waals surface area (Å²) in [5.74, 6) is 2.23. The molecule has 7 heteroatoms. The topological polar surface area (TPSA) is 58.5 Å². The fraction of sp³-hybridized carbons (Fsp3) is 0.444. The molecule has 1 aliphatic rings. The lowest BCUT2D eigenvalue weighted by Crippen LogP contribution is -2.36. The molecule has 25 heavy (non-hydrogen) atoms. The summed E-state index contributed by atoms with van der Waals surface area (Å²) in [5.41, 5.74) is 1.13. The molecule has 0 radical (unpaired) electrons. The van der Waals surface area contributed by atoms with E-state index in [4.69, 9.17) is 4.74 Å². The Labute approximate surface area is 170 Å². The molecule has 1 fully saturated rings. The van der Waals surface area contributed by atoms with E-state index < -0.39 is 0 Å². The van der Waals surface area contributed by atoms with Crippen LogP contribution in [0.1, 0.15) is 28.2 Å². The van der Waals surface area contributed by atoms with Gasteiger partial charge < -0.3 is 15.4 Å². The molecule has 0 amide bonds. The predicted molar refractivity (Wildman–Crippen MR) is 114 cm³/mol. The van der Waals surface area contributed by atoms with Crippen molar-refractivity contribution in [1.82, 2.24) is 15.6 Å². The van der Waals surface area contributed by atoms with E-state index >= 15 is 0 Å². The Morgan fingerprint density at radius 1 is 1.28 bits per heavy atom. The minimum atomic E-state index is 0. The highest BCUT2D eigenvalue weighted by atomic mass is 127. The average Bonchev–Trinajstić information content (AvgIpc) is 3.34. The van der Waals surface area contributed by atoms with Gasteiger partial charge in [0.05, 0.1) is 13.2 Å². The normalized spacial score (nSPS) is 13.9. The molecule has 2 aromatic heterocycles. The number of hydrogen-bond donors (Lipinski definition) is 2. The highest BCUT2D eigenvalue weighted by Crippen LogP contribution is 2.29. The molecule has 0 aromatic carbocycles. The molecule has 2 N–H and O–H groups in total. The molecule has 3 rings (SSSR count). The van der Waals surface area contributed by atoms with Crippen molar-refractivity contribution in [3.05, 3.63) is 45.8 Å². The SMILES string of the molecule is CN=C(NCc1ccnc(OCC2CC2)c1)NCc1ccc(C)s1.I. The Bertz CT molecular complexity index is 700. The zero-order valence-electron chi connectivity index (χ0n) is 14.6. The van der Waals surface area contributed by atoms with Crippen molar-refractivity contribution >= 4 is 41.3 Å². The number of nitrogens with zero attached hydrogens (tertiary/aromatic N) is 2. The number of ether oxygens (including phenoxy) is 1. The second-order valence-electron chi connectivity index (χ2n) is 6.05. The summed E-state index contributed by atoms with van der Waals surface area (Å²) in [6, 6.07) is 8.27. The summed E-state index contributed by atoms with van der Waals surface area (Å²) < 4.78 is 5.73. The number of halogens is 1. The van der Waals surface area contributed by atoms with Gasteiger partial charge in [0.1, 0.15) is 0 Å². The number of rotatable bonds is 7. The van der Waals surface area contributed by atoms with Gasteiger partial charge in [-0.3, -0.25) is 4.99 Å². The number of pyridine rings is 1. The number of aromatic nitrogens is 1. The summed E-state index contributed by atoms with van der Waals surface area (Å²) in [4.78, 5) is 11.2. The predicted octanol–water partition coefficient (Wildman–Crippen LogP) is 3.72. The van der Waals surface area contributed by atoms with E-state index in [1.54, 1.807) is 24.6 Å². The summed E-state index contributed by atoms with van der Waals surface area (Å²) in [6.07, 6.45) is 4.36. The molecular weight excluding hydrogens is 447 g/mol. The van der Waals surface area contributed by atoms with Crippen LogP contribution in [0.15, 0.2) is 35.5 Å². The molecule has 2 aromatic rings. The first-order valence-corrected chi connectivity index (χ1v) is 9.12. The first-order valence-electron chi connectivity index (χ1n) is 8.30. The van der Waals surface area contributed by atoms with Gasteiger partial charge in [0.15, 0.2) is 5.96 Å². The van der Waals surface area contributed by atoms with Gasteiger partial charge in [-0.1, -0.05) is 0 Å². The van der Waals surface area contributed by atoms with Crippen LogP contribution in [0.5, 0.6) is 5.88 Å². The molecule has 136 valence electrons. The van der Waals surface area contributed by atoms with Crippen molar-refractivity contribution in [2.24, 2.45) is 10.9 Å². The summed E-state index contributed by atoms with van der Waals surface area (Å²) in [6.45, 7) is 4.37. The third-order valence-electron chi connectivity index (χ3n) is 3.87. The van der Waals surface area contributed by atoms with Gasteiger partial charge in [-0.25, -0.2) is 4.98 Å². The van der Waals surface area contributed by atoms with Crippen LogP contribution in [0, 0.1) is 12.8 Å². The highest BCUT2D eigenvalue weighted by Gasteiger charge is 2.22. The molecule has 1 aliphatic carbocycles. The van der Waals surface area contributed by atoms with Crippen molar-refractivity contribution in [2.45, 2.75) is 32.9 Å². The number of hydrogen-bond acceptors (Lipinski definition) is 4. The van der Waals surface area contributed by atoms with Gasteiger partial charge in [-0.2, -0.15) is 0 Å². The molecule has 0 atom stereocenters. The van der Waals surface area contributed by atoms with E-state index in [-0.39, 0.29) is 24.0 Å². The molecule has 0 spiro atoms. The molecular formula is C18H25IN4OS. The fourth-order valence-electron chi connectivity index (χ4n) is 2.28. The Balaban J connectivity index is 0.00000225. The second-order valence-corrected chi connectivity index (χ2v) is 7.42. The van der Waals surface area contributed by atoms with Crippen LogP contribution < -0.4 is 15.4 Å². The minimum Gasteiger partial charge on any atom is -0.477 e. The van der Waals surface area contributed by atoms with Crippen LogP contribution in [0.4, 0.5) is 0 Å². The van der Waals surface area contributed by atoms with Crippen molar-refractivity contribution in [2.75, 3.05) is 13.7 Å². The standard InChI is InChI=1S/C18H24N4OS.HI/c1-13-3-6-16(24-13)11-22-18(19-2)21-10-15-7-8-20-17(9-15)23-12-14-4-5-14;/h3,6-9,14H,4-5,10-12H2,1-2H3,(H2,19,21,22);1H. The minimum absolute atomic E-state index is 0. The zero-order valence-corrected chi connectivity index (χ0v) is 17.8. The lowest BCUT2D eigenvalue weighted by Gasteiger charge is -2.12. The van der Waals surface area contributed by atoms with E-state index in [2.05, 4.69) is 39.7 Å². The van der Waals surface area contributed by atoms with Crippen molar-refractivity contribution < 1.29 is 4.74 Å². The largest absolute Gasteiger partial charge is 0.477 e. The lowest BCUT2D eigenvalue weighted by molar-refractivity contribution is 0.288. The van der Waals surface area contributed by atoms with Crippen LogP contribution in [0.25, 0.3) is 0 Å². The van der Waals surface area contributed by atoms with Crippen molar-refractivity contribution in [3.63, 3.8) is 0 Å². The summed E-state index contributed by atoms with van der Waals surface area (Å²) in [7, 11) is 1.78. The molecule has 0 aliphatic heterocycles. The Morgan fingerprint density at radius 2 is 2.08 bits per heavy atom. The van der Waals surface area contributed by atoms with Crippen LogP contribution in [-0.2, 0) is 13.1 Å². The maximum Gasteiger partial charge on any atom is 0.213 e. The molecule has 0 saturated heterocycles. The van der Waals surface area contributed by atoms with Crippen LogP contribution >= 0.6 is 35.3 Å². The summed E-state index contributed by atoms with van der Waals surface area (Å²) >= 11 is 1.80. The van der Waals surface area contributed by atoms with Gasteiger partial charge >= 0.3 is 0 Å². The second kappa shape index (κ2) is 9.96. The fourth-order valence-corrected chi connectivity index (χ4v) is 3.11. The van der Waals surface area contributed by atoms with Crippen LogP contribution in [0.3, 0.4) is 0 Å². The van der Waals surface area contributed by atoms with Crippen LogP contribution in [-0.4, -0.2) is 24.6 Å². The third-order valence-corrected chi connectivity index (χ3v) is 4.87. The Morgan fingerprint density at radius 3 is 2.76 bits per heavy atom. The van der Waals surface area contributed by atoms with E-state index in [1.807, 2.05) is 12.1 Å². The highest BCUT2D eigenvalue weighted by molar-refractivity contribution is 14.0. The average molecular weight is 472 g/mol. The molecule has 0 bridgehead atoms. The molecule has 5 nitrogen and oxygen atoms in total. The third kappa shape index (κ3) is 6.81. The number of nitrogens with one attached hydrogen (secondary N) is 2. The van der Waals surface area contributed by atoms with Gasteiger partial charge in [-0.15, -0.1) is 35.3 Å². The van der Waals surface area contributed by atoms with Gasteiger partial charge in [0, 0.05) is 35.6 Å². The zero-order chi connectivity index (χ0) is 16.8. The van der Waals surface area contributed by atoms with Crippen molar-refractivity contribution in [1.29, 1.82) is 0 Å². The van der Waals surface area contributed by atoms with Crippen molar-refractivity contribution in [3.8, 4) is 5.88 Å². The quantitative estimate of drug-likeness (QED) is 0.367. The number of guanidine groups is 1. The number of aryl methyl sites for hydroxylation is 1. The summed E-state index contributed by atoms with van der Waals surface area (Å²) in [5, 5.41) is 6.66. The molecule has 0 unspecified atom stereocenters.